The zero-order chi connectivity index (χ0) is 109. The third-order valence-electron chi connectivity index (χ3n) is 24.9. The van der Waals surface area contributed by atoms with E-state index in [9.17, 15) is 89.5 Å². The van der Waals surface area contributed by atoms with Crippen molar-refractivity contribution < 1.29 is 94.1 Å². The number of carboxylic acids is 2. The maximum absolute atomic E-state index is 15.5. The number of carbonyl (C=O) groups excluding carboxylic acids is 3. The number of hydrogen-bond donors (Lipinski definition) is 9. The largest absolute Gasteiger partial charge is 0.494 e. The van der Waals surface area contributed by atoms with E-state index in [1.165, 1.54) is 114 Å². The number of nitrogens with zero attached hydrogens (tertiary/aromatic N) is 9. The van der Waals surface area contributed by atoms with Gasteiger partial charge in [0.2, 0.25) is 21.9 Å². The number of hydrogen-bond acceptors (Lipinski definition) is 21. The number of aryl methyl sites for hydroxylation is 2. The zero-order valence-electron chi connectivity index (χ0n) is 84.7. The molecule has 0 saturated carbocycles. The molecular formula is C115H118F6N12O16S. The Hall–Kier alpha value is -15.8. The number of carbonyl (C=O) groups is 5. The number of benzene rings is 10. The molecule has 9 N–H and O–H groups in total. The van der Waals surface area contributed by atoms with Gasteiger partial charge in [-0.2, -0.15) is 0 Å². The summed E-state index contributed by atoms with van der Waals surface area (Å²) in [6, 6.07) is 64.5. The molecule has 782 valence electrons. The van der Waals surface area contributed by atoms with E-state index in [4.69, 9.17) is 19.8 Å². The van der Waals surface area contributed by atoms with Crippen LogP contribution in [-0.2, 0) is 50.6 Å². The zero-order valence-corrected chi connectivity index (χ0v) is 85.6. The third-order valence-corrected chi connectivity index (χ3v) is 26.1. The molecule has 1 aliphatic rings. The number of aromatic carboxylic acids is 1. The van der Waals surface area contributed by atoms with E-state index >= 15 is 4.39 Å². The first kappa shape index (κ1) is 113. The number of amides is 1. The van der Waals surface area contributed by atoms with Crippen molar-refractivity contribution in [3.05, 3.63) is 377 Å². The lowest BCUT2D eigenvalue weighted by atomic mass is 9.93. The Morgan fingerprint density at radius 3 is 1.79 bits per heavy atom. The van der Waals surface area contributed by atoms with Crippen LogP contribution in [0.15, 0.2) is 263 Å². The van der Waals surface area contributed by atoms with Crippen LogP contribution in [0.5, 0.6) is 5.75 Å². The van der Waals surface area contributed by atoms with Gasteiger partial charge in [0.05, 0.1) is 115 Å². The monoisotopic (exact) mass is 2070 g/mol. The van der Waals surface area contributed by atoms with E-state index in [2.05, 4.69) is 30.9 Å². The normalized spacial score (nSPS) is 12.7. The third kappa shape index (κ3) is 28.8. The Labute approximate surface area is 864 Å². The summed E-state index contributed by atoms with van der Waals surface area (Å²) in [5.41, 5.74) is 12.1. The average Bonchev–Trinajstić information content (AvgIpc) is 1.60. The van der Waals surface area contributed by atoms with Crippen molar-refractivity contribution in [3.8, 4) is 61.8 Å². The standard InChI is InChI=1S/C34H37FN2O4.C32H32F3N3O4.C27H21FN4O2.C22H28FN3O6S/c1-22(2)32-31(34(41)36-27-12-8-5-9-13-27)30(24-10-6-4-7-11-24)33(25-14-16-26(35)17-15-25)37(32)19-18-28(39)21-29(40)20-23(3)38;1-20(39)10-9-17-36-27(22-11-5-4-6-12-22)19-38-31(40)29(23-13-7-16-28(42-3)30(23)35)21(2)37(32(38)41)18-24-25(33)14-8-15-26(24)34;1-15-6-5-9-22(28)23(15)25-21-8-4-3-7-20(21)24-17(13-29-25)14-30-27(32-24)31-18-10-11-19(26(33)34)16(2)12-18;1-13(2)20-18(10-9-16(27)11-17(28)12-19(29)30)21(14-5-7-15(23)8-6-14)25-22(24-20)26(3)33(4,31)32/h4-17,22,28-29,39-40H,18-21H2,1-3H3,(H,36,41);4-8,11-16,27,36H,9-10,17-19H2,1-3H3;3-12,14H,13H2,1-2H3,(H,33,34)(H,30,31,32);5-10,13,16-17,27-28H,11-12H2,1-4H3,(H,29,30)/b;;;10-9+/t28-,29+;27-;;16-,17-/m10.1/s1. The molecule has 0 unspecified atom stereocenters. The highest BCUT2D eigenvalue weighted by molar-refractivity contribution is 7.92. The summed E-state index contributed by atoms with van der Waals surface area (Å²) in [7, 11) is -1.04. The number of aromatic nitrogens is 7. The number of Topliss-reactive ketones (excluding diaryl/α,β-unsaturated/α-hetero) is 2. The number of nitrogens with one attached hydrogen (secondary N) is 3. The lowest BCUT2D eigenvalue weighted by Crippen LogP contribution is -2.45. The molecule has 0 radical (unpaired) electrons. The lowest BCUT2D eigenvalue weighted by molar-refractivity contribution is -0.139. The van der Waals surface area contributed by atoms with Crippen molar-refractivity contribution in [1.82, 2.24) is 39.0 Å². The van der Waals surface area contributed by atoms with Crippen LogP contribution in [0.2, 0.25) is 0 Å². The highest BCUT2D eigenvalue weighted by Crippen LogP contribution is 2.44. The van der Waals surface area contributed by atoms with E-state index in [-0.39, 0.29) is 113 Å². The number of aliphatic hydroxyl groups is 4. The summed E-state index contributed by atoms with van der Waals surface area (Å²) < 4.78 is 122. The number of aliphatic hydroxyl groups excluding tert-OH is 4. The van der Waals surface area contributed by atoms with Crippen LogP contribution in [0.3, 0.4) is 0 Å². The molecule has 5 heterocycles. The van der Waals surface area contributed by atoms with Gasteiger partial charge in [0.15, 0.2) is 11.6 Å². The van der Waals surface area contributed by atoms with Gasteiger partial charge in [0.1, 0.15) is 40.7 Å². The summed E-state index contributed by atoms with van der Waals surface area (Å²) >= 11 is 0. The Morgan fingerprint density at radius 1 is 0.587 bits per heavy atom. The number of fused-ring (bicyclic) bond motifs is 3. The Bertz CT molecular complexity index is 7480. The first-order valence-corrected chi connectivity index (χ1v) is 50.3. The van der Waals surface area contributed by atoms with Crippen LogP contribution in [0, 0.1) is 55.7 Å². The van der Waals surface area contributed by atoms with Crippen molar-refractivity contribution in [2.75, 3.05) is 41.9 Å². The molecular weight excluding hydrogens is 1950 g/mol. The van der Waals surface area contributed by atoms with Crippen LogP contribution in [0.4, 0.5) is 49.6 Å². The van der Waals surface area contributed by atoms with E-state index < -0.39 is 99.9 Å². The molecule has 150 heavy (non-hydrogen) atoms. The second-order valence-corrected chi connectivity index (χ2v) is 38.9. The number of anilines is 4. The molecule has 0 aliphatic carbocycles. The fourth-order valence-electron chi connectivity index (χ4n) is 17.5. The molecule has 5 atom stereocenters. The second-order valence-electron chi connectivity index (χ2n) is 36.9. The predicted molar refractivity (Wildman–Crippen MR) is 567 cm³/mol. The van der Waals surface area contributed by atoms with E-state index in [0.29, 0.717) is 94.7 Å². The number of methoxy groups -OCH3 is 1. The number of rotatable bonds is 38. The number of aliphatic imine (C=N–C) groups is 1. The average molecular weight is 2070 g/mol. The fourth-order valence-corrected chi connectivity index (χ4v) is 17.9. The van der Waals surface area contributed by atoms with Gasteiger partial charge < -0.3 is 60.7 Å². The molecule has 14 aromatic rings. The van der Waals surface area contributed by atoms with Crippen molar-refractivity contribution in [2.24, 2.45) is 4.99 Å². The molecule has 1 aliphatic heterocycles. The summed E-state index contributed by atoms with van der Waals surface area (Å²) in [4.78, 5) is 110. The minimum absolute atomic E-state index is 0.0133. The molecule has 15 rings (SSSR count). The molecule has 35 heteroatoms. The Balaban J connectivity index is 0.000000178. The highest BCUT2D eigenvalue weighted by atomic mass is 32.2. The number of sulfonamides is 1. The lowest BCUT2D eigenvalue weighted by Gasteiger charge is -2.23. The minimum Gasteiger partial charge on any atom is -0.494 e. The number of para-hydroxylation sites is 1. The van der Waals surface area contributed by atoms with Gasteiger partial charge in [-0.15, -0.1) is 0 Å². The van der Waals surface area contributed by atoms with Gasteiger partial charge in [0, 0.05) is 112 Å². The molecule has 10 aromatic carbocycles. The van der Waals surface area contributed by atoms with Crippen LogP contribution in [0.25, 0.3) is 62.1 Å². The van der Waals surface area contributed by atoms with Gasteiger partial charge in [-0.25, -0.2) is 68.6 Å². The van der Waals surface area contributed by atoms with Gasteiger partial charge in [-0.1, -0.05) is 173 Å². The number of ketones is 2. The summed E-state index contributed by atoms with van der Waals surface area (Å²) in [6.45, 7) is 16.1. The van der Waals surface area contributed by atoms with Crippen LogP contribution < -0.4 is 36.2 Å². The summed E-state index contributed by atoms with van der Waals surface area (Å²) in [6.07, 6.45) is 2.02. The molecule has 4 aromatic heterocycles. The summed E-state index contributed by atoms with van der Waals surface area (Å²) in [5, 5.41) is 68.6. The summed E-state index contributed by atoms with van der Waals surface area (Å²) in [5.74, 6) is -6.22. The number of aliphatic carboxylic acids is 1. The maximum Gasteiger partial charge on any atom is 0.335 e. The SMILES string of the molecule is CC(=O)C[C@H](O)C[C@H](O)CCn1c(-c2ccc(F)cc2)c(-c2ccccc2)c(C(=O)Nc2ccccc2)c1C(C)C.CC(C)c1nc(N(C)S(C)(=O)=O)nc(-c2ccc(F)cc2)c1/C=C/[C@@H](O)C[C@@H](O)CC(=O)O.COc1cccc(-c2c(C)n(Cc3c(F)cccc3F)c(=O)n(C[C@H](NCCCC(C)=O)c3ccccc3)c2=O)c1F.Cc1cc(Nc2ncc3c(n2)-c2ccccc2C(c2c(C)cccc2F)=NC3)ccc1C(=O)O. The second kappa shape index (κ2) is 51.7. The van der Waals surface area contributed by atoms with E-state index in [0.717, 1.165) is 93.4 Å². The molecule has 0 spiro atoms. The molecule has 1 amide bonds. The quantitative estimate of drug-likeness (QED) is 0.0128. The van der Waals surface area contributed by atoms with Crippen LogP contribution in [-0.4, -0.2) is 159 Å². The first-order valence-electron chi connectivity index (χ1n) is 48.4. The predicted octanol–water partition coefficient (Wildman–Crippen LogP) is 20.1. The van der Waals surface area contributed by atoms with Crippen LogP contribution >= 0.6 is 0 Å². The fraction of sp³-hybridized carbons (Fsp3) is 0.270. The first-order chi connectivity index (χ1) is 71.5. The molecule has 0 fully saturated rings. The highest BCUT2D eigenvalue weighted by Gasteiger charge is 2.34. The number of ether oxygens (including phenoxy) is 1. The van der Waals surface area contributed by atoms with Gasteiger partial charge in [0.25, 0.3) is 11.5 Å². The molecule has 0 bridgehead atoms. The van der Waals surface area contributed by atoms with Gasteiger partial charge in [-0.05, 0) is 203 Å². The maximum atomic E-state index is 15.5. The number of halogens is 6. The molecule has 28 nitrogen and oxygen atoms in total. The van der Waals surface area contributed by atoms with Crippen molar-refractivity contribution in [3.63, 3.8) is 0 Å². The van der Waals surface area contributed by atoms with Crippen molar-refractivity contribution in [1.29, 1.82) is 0 Å². The van der Waals surface area contributed by atoms with Crippen molar-refractivity contribution >= 4 is 74.5 Å². The van der Waals surface area contributed by atoms with E-state index in [1.54, 1.807) is 49.5 Å². The Kier molecular flexibility index (Phi) is 38.9. The topological polar surface area (TPSA) is 402 Å². The number of carboxylic acid groups (broad SMARTS) is 2. The van der Waals surface area contributed by atoms with E-state index in [1.807, 2.05) is 161 Å². The molecule has 0 saturated heterocycles. The van der Waals surface area contributed by atoms with Gasteiger partial charge >= 0.3 is 17.6 Å². The Morgan fingerprint density at radius 2 is 1.19 bits per heavy atom. The minimum atomic E-state index is -3.65. The smallest absolute Gasteiger partial charge is 0.335 e. The van der Waals surface area contributed by atoms with Crippen LogP contribution in [0.1, 0.15) is 187 Å². The van der Waals surface area contributed by atoms with Gasteiger partial charge in [-0.3, -0.25) is 33.3 Å². The van der Waals surface area contributed by atoms with Crippen molar-refractivity contribution in [2.45, 2.75) is 176 Å².